The zero-order valence-corrected chi connectivity index (χ0v) is 12.9. The maximum Gasteiger partial charge on any atom is 0.243 e. The van der Waals surface area contributed by atoms with E-state index in [0.29, 0.717) is 44.3 Å². The molecule has 6 nitrogen and oxygen atoms in total. The fraction of sp³-hybridized carbons (Fsp3) is 0.571. The lowest BCUT2D eigenvalue weighted by Gasteiger charge is -2.32. The lowest BCUT2D eigenvalue weighted by molar-refractivity contribution is 0.283. The van der Waals surface area contributed by atoms with Crippen molar-refractivity contribution in [2.45, 2.75) is 24.3 Å². The number of benzene rings is 1. The Balaban J connectivity index is 1.93. The molecule has 1 N–H and O–H groups in total. The van der Waals surface area contributed by atoms with Gasteiger partial charge in [0.2, 0.25) is 10.0 Å². The minimum atomic E-state index is -3.50. The number of ether oxygens (including phenoxy) is 2. The molecule has 2 aliphatic rings. The van der Waals surface area contributed by atoms with E-state index in [-0.39, 0.29) is 10.9 Å². The van der Waals surface area contributed by atoms with E-state index in [4.69, 9.17) is 9.47 Å². The van der Waals surface area contributed by atoms with Crippen LogP contribution in [0.15, 0.2) is 23.1 Å². The highest BCUT2D eigenvalue weighted by Crippen LogP contribution is 2.33. The van der Waals surface area contributed by atoms with Crippen molar-refractivity contribution < 1.29 is 17.9 Å². The van der Waals surface area contributed by atoms with E-state index in [1.807, 2.05) is 6.92 Å². The van der Waals surface area contributed by atoms with Crippen LogP contribution in [-0.2, 0) is 10.0 Å². The molecular formula is C14H20N2O4S. The third-order valence-electron chi connectivity index (χ3n) is 3.77. The van der Waals surface area contributed by atoms with Gasteiger partial charge in [0.25, 0.3) is 0 Å². The first-order chi connectivity index (χ1) is 10.1. The molecule has 0 aromatic heterocycles. The summed E-state index contributed by atoms with van der Waals surface area (Å²) in [7, 11) is -3.50. The summed E-state index contributed by atoms with van der Waals surface area (Å²) < 4.78 is 38.2. The van der Waals surface area contributed by atoms with Gasteiger partial charge in [-0.1, -0.05) is 0 Å². The lowest BCUT2D eigenvalue weighted by Crippen LogP contribution is -2.52. The summed E-state index contributed by atoms with van der Waals surface area (Å²) in [5, 5.41) is 3.20. The highest BCUT2D eigenvalue weighted by Gasteiger charge is 2.31. The summed E-state index contributed by atoms with van der Waals surface area (Å²) in [6.07, 6.45) is 0.797. The van der Waals surface area contributed by atoms with E-state index in [9.17, 15) is 8.42 Å². The molecule has 0 saturated carbocycles. The van der Waals surface area contributed by atoms with Crippen LogP contribution in [0.2, 0.25) is 0 Å². The van der Waals surface area contributed by atoms with Crippen LogP contribution >= 0.6 is 0 Å². The Labute approximate surface area is 125 Å². The molecule has 0 bridgehead atoms. The largest absolute Gasteiger partial charge is 0.490 e. The van der Waals surface area contributed by atoms with Gasteiger partial charge >= 0.3 is 0 Å². The molecule has 0 spiro atoms. The molecule has 1 fully saturated rings. The van der Waals surface area contributed by atoms with Crippen LogP contribution in [-0.4, -0.2) is 51.6 Å². The number of nitrogens with one attached hydrogen (secondary N) is 1. The number of sulfonamides is 1. The second-order valence-electron chi connectivity index (χ2n) is 5.33. The zero-order valence-electron chi connectivity index (χ0n) is 12.0. The van der Waals surface area contributed by atoms with E-state index in [0.717, 1.165) is 6.42 Å². The third kappa shape index (κ3) is 2.86. The van der Waals surface area contributed by atoms with Gasteiger partial charge in [-0.25, -0.2) is 8.42 Å². The van der Waals surface area contributed by atoms with E-state index in [1.54, 1.807) is 22.5 Å². The van der Waals surface area contributed by atoms with E-state index < -0.39 is 10.0 Å². The first kappa shape index (κ1) is 14.6. The number of hydrogen-bond donors (Lipinski definition) is 1. The second kappa shape index (κ2) is 5.82. The average molecular weight is 312 g/mol. The quantitative estimate of drug-likeness (QED) is 0.876. The van der Waals surface area contributed by atoms with Gasteiger partial charge in [-0.15, -0.1) is 0 Å². The Morgan fingerprint density at radius 3 is 2.76 bits per heavy atom. The van der Waals surface area contributed by atoms with Crippen LogP contribution in [0.1, 0.15) is 13.3 Å². The molecule has 2 heterocycles. The minimum Gasteiger partial charge on any atom is -0.490 e. The predicted octanol–water partition coefficient (Wildman–Crippen LogP) is 0.830. The van der Waals surface area contributed by atoms with Crippen molar-refractivity contribution in [1.82, 2.24) is 9.62 Å². The summed E-state index contributed by atoms with van der Waals surface area (Å²) in [4.78, 5) is 0.264. The molecule has 0 radical (unpaired) electrons. The number of hydrogen-bond acceptors (Lipinski definition) is 5. The molecule has 1 aromatic rings. The smallest absolute Gasteiger partial charge is 0.243 e. The Kier molecular flexibility index (Phi) is 4.05. The van der Waals surface area contributed by atoms with Gasteiger partial charge in [0.15, 0.2) is 11.5 Å². The molecule has 0 amide bonds. The van der Waals surface area contributed by atoms with Crippen LogP contribution in [0.25, 0.3) is 0 Å². The second-order valence-corrected chi connectivity index (χ2v) is 7.22. The summed E-state index contributed by atoms with van der Waals surface area (Å²) >= 11 is 0. The standard InChI is InChI=1S/C14H20N2O4S/c1-11-10-15-5-6-16(11)21(17,18)12-3-4-13-14(9-12)20-8-2-7-19-13/h3-4,9,11,15H,2,5-8,10H2,1H3/t11-/m0/s1. The van der Waals surface area contributed by atoms with Crippen molar-refractivity contribution in [2.75, 3.05) is 32.8 Å². The molecule has 7 heteroatoms. The summed E-state index contributed by atoms with van der Waals surface area (Å²) in [5.41, 5.74) is 0. The molecule has 1 saturated heterocycles. The predicted molar refractivity (Wildman–Crippen MR) is 78.3 cm³/mol. The van der Waals surface area contributed by atoms with Gasteiger partial charge in [-0.3, -0.25) is 0 Å². The topological polar surface area (TPSA) is 67.9 Å². The fourth-order valence-electron chi connectivity index (χ4n) is 2.62. The number of piperazine rings is 1. The molecule has 0 aliphatic carbocycles. The summed E-state index contributed by atoms with van der Waals surface area (Å²) in [6.45, 7) is 4.87. The van der Waals surface area contributed by atoms with Crippen molar-refractivity contribution in [3.05, 3.63) is 18.2 Å². The lowest BCUT2D eigenvalue weighted by atomic mass is 10.3. The third-order valence-corrected chi connectivity index (χ3v) is 5.78. The Morgan fingerprint density at radius 2 is 2.00 bits per heavy atom. The zero-order chi connectivity index (χ0) is 14.9. The summed E-state index contributed by atoms with van der Waals surface area (Å²) in [6, 6.07) is 4.79. The fourth-order valence-corrected chi connectivity index (χ4v) is 4.27. The van der Waals surface area contributed by atoms with Crippen LogP contribution < -0.4 is 14.8 Å². The first-order valence-electron chi connectivity index (χ1n) is 7.21. The minimum absolute atomic E-state index is 0.0558. The molecule has 1 atom stereocenters. The van der Waals surface area contributed by atoms with Crippen LogP contribution in [0.3, 0.4) is 0 Å². The Hall–Kier alpha value is -1.31. The molecular weight excluding hydrogens is 292 g/mol. The molecule has 0 unspecified atom stereocenters. The molecule has 21 heavy (non-hydrogen) atoms. The van der Waals surface area contributed by atoms with Gasteiger partial charge in [0.05, 0.1) is 18.1 Å². The van der Waals surface area contributed by atoms with Crippen LogP contribution in [0.4, 0.5) is 0 Å². The molecule has 3 rings (SSSR count). The van der Waals surface area contributed by atoms with E-state index in [1.165, 1.54) is 0 Å². The molecule has 1 aromatic carbocycles. The van der Waals surface area contributed by atoms with Crippen molar-refractivity contribution in [3.63, 3.8) is 0 Å². The monoisotopic (exact) mass is 312 g/mol. The average Bonchev–Trinajstić information content (AvgIpc) is 2.72. The van der Waals surface area contributed by atoms with Gasteiger partial charge in [-0.2, -0.15) is 4.31 Å². The van der Waals surface area contributed by atoms with Crippen molar-refractivity contribution in [2.24, 2.45) is 0 Å². The van der Waals surface area contributed by atoms with Gasteiger partial charge < -0.3 is 14.8 Å². The van der Waals surface area contributed by atoms with Crippen LogP contribution in [0, 0.1) is 0 Å². The van der Waals surface area contributed by atoms with Gasteiger partial charge in [0.1, 0.15) is 0 Å². The van der Waals surface area contributed by atoms with Crippen molar-refractivity contribution in [3.8, 4) is 11.5 Å². The number of fused-ring (bicyclic) bond motifs is 1. The van der Waals surface area contributed by atoms with E-state index >= 15 is 0 Å². The first-order valence-corrected chi connectivity index (χ1v) is 8.65. The number of rotatable bonds is 2. The van der Waals surface area contributed by atoms with Gasteiger partial charge in [0, 0.05) is 38.2 Å². The van der Waals surface area contributed by atoms with E-state index in [2.05, 4.69) is 5.32 Å². The summed E-state index contributed by atoms with van der Waals surface area (Å²) in [5.74, 6) is 1.12. The van der Waals surface area contributed by atoms with Gasteiger partial charge in [-0.05, 0) is 19.1 Å². The Bertz CT molecular complexity index is 617. The Morgan fingerprint density at radius 1 is 1.24 bits per heavy atom. The van der Waals surface area contributed by atoms with Crippen LogP contribution in [0.5, 0.6) is 11.5 Å². The molecule has 2 aliphatic heterocycles. The van der Waals surface area contributed by atoms with Crippen molar-refractivity contribution in [1.29, 1.82) is 0 Å². The van der Waals surface area contributed by atoms with Crippen molar-refractivity contribution >= 4 is 10.0 Å². The highest BCUT2D eigenvalue weighted by atomic mass is 32.2. The number of nitrogens with zero attached hydrogens (tertiary/aromatic N) is 1. The molecule has 116 valence electrons. The normalized spacial score (nSPS) is 23.6. The SMILES string of the molecule is C[C@H]1CNCCN1S(=O)(=O)c1ccc2c(c1)OCCCO2. The maximum absolute atomic E-state index is 12.8. The maximum atomic E-state index is 12.8. The highest BCUT2D eigenvalue weighted by molar-refractivity contribution is 7.89.